The van der Waals surface area contributed by atoms with E-state index in [4.69, 9.17) is 6.57 Å². The van der Waals surface area contributed by atoms with E-state index in [2.05, 4.69) is 27.7 Å². The summed E-state index contributed by atoms with van der Waals surface area (Å²) in [5, 5.41) is 9.75. The third-order valence-corrected chi connectivity index (χ3v) is 5.78. The molecule has 0 aliphatic carbocycles. The van der Waals surface area contributed by atoms with Crippen LogP contribution in [0.1, 0.15) is 18.1 Å². The number of rotatable bonds is 3. The van der Waals surface area contributed by atoms with Crippen molar-refractivity contribution in [1.29, 1.82) is 5.26 Å². The number of nitrogens with zero attached hydrogens (tertiary/aromatic N) is 6. The Balaban J connectivity index is 1.71. The quantitative estimate of drug-likeness (QED) is 0.614. The van der Waals surface area contributed by atoms with Gasteiger partial charge in [0, 0.05) is 39.3 Å². The SMILES string of the molecule is [C-]#[N+]c1ccc2c(n1)c(N1CCN(Cc3cccc(F)c3)[C@H](C)C1)c(C#N)c(=O)n2C. The number of aryl methyl sites for hydroxylation is 1. The fraction of sp³-hybridized carbons (Fsp3) is 0.304. The molecule has 1 aliphatic rings. The van der Waals surface area contributed by atoms with Gasteiger partial charge in [-0.1, -0.05) is 18.7 Å². The first kappa shape index (κ1) is 20.5. The summed E-state index contributed by atoms with van der Waals surface area (Å²) in [6.07, 6.45) is 0. The second-order valence-corrected chi connectivity index (χ2v) is 7.74. The van der Waals surface area contributed by atoms with Crippen molar-refractivity contribution in [3.05, 3.63) is 75.1 Å². The number of hydrogen-bond acceptors (Lipinski definition) is 5. The largest absolute Gasteiger partial charge is 0.364 e. The molecule has 1 saturated heterocycles. The maximum Gasteiger partial charge on any atom is 0.271 e. The van der Waals surface area contributed by atoms with E-state index in [0.29, 0.717) is 42.9 Å². The van der Waals surface area contributed by atoms with Crippen LogP contribution in [0.3, 0.4) is 0 Å². The lowest BCUT2D eigenvalue weighted by atomic mass is 10.1. The second kappa shape index (κ2) is 8.17. The summed E-state index contributed by atoms with van der Waals surface area (Å²) < 4.78 is 15.0. The first-order chi connectivity index (χ1) is 14.9. The van der Waals surface area contributed by atoms with Crippen LogP contribution >= 0.6 is 0 Å². The first-order valence-electron chi connectivity index (χ1n) is 9.97. The lowest BCUT2D eigenvalue weighted by Gasteiger charge is -2.41. The lowest BCUT2D eigenvalue weighted by Crippen LogP contribution is -2.52. The molecular weight excluding hydrogens is 395 g/mol. The molecule has 8 heteroatoms. The van der Waals surface area contributed by atoms with Crippen molar-refractivity contribution in [3.8, 4) is 6.07 Å². The van der Waals surface area contributed by atoms with E-state index < -0.39 is 0 Å². The summed E-state index contributed by atoms with van der Waals surface area (Å²) in [6, 6.07) is 12.0. The maximum absolute atomic E-state index is 13.5. The Labute approximate surface area is 179 Å². The van der Waals surface area contributed by atoms with Crippen molar-refractivity contribution >= 4 is 22.5 Å². The summed E-state index contributed by atoms with van der Waals surface area (Å²) in [6.45, 7) is 11.8. The van der Waals surface area contributed by atoms with Crippen molar-refractivity contribution in [1.82, 2.24) is 14.5 Å². The number of hydrogen-bond donors (Lipinski definition) is 0. The normalized spacial score (nSPS) is 16.8. The minimum Gasteiger partial charge on any atom is -0.364 e. The molecular formula is C23H21FN6O. The summed E-state index contributed by atoms with van der Waals surface area (Å²) in [7, 11) is 1.61. The molecule has 7 nitrogen and oxygen atoms in total. The Morgan fingerprint density at radius 3 is 2.81 bits per heavy atom. The van der Waals surface area contributed by atoms with Gasteiger partial charge in [0.05, 0.1) is 5.52 Å². The number of nitriles is 1. The minimum atomic E-state index is -0.378. The molecule has 1 aromatic carbocycles. The zero-order valence-corrected chi connectivity index (χ0v) is 17.3. The first-order valence-corrected chi connectivity index (χ1v) is 9.97. The molecule has 1 atom stereocenters. The number of benzene rings is 1. The summed E-state index contributed by atoms with van der Waals surface area (Å²) in [5.74, 6) is -0.0372. The van der Waals surface area contributed by atoms with E-state index in [-0.39, 0.29) is 28.8 Å². The van der Waals surface area contributed by atoms with Crippen molar-refractivity contribution < 1.29 is 4.39 Å². The molecule has 4 rings (SSSR count). The molecule has 0 bridgehead atoms. The van der Waals surface area contributed by atoms with Crippen LogP contribution < -0.4 is 10.5 Å². The van der Waals surface area contributed by atoms with E-state index in [0.717, 1.165) is 5.56 Å². The number of fused-ring (bicyclic) bond motifs is 1. The van der Waals surface area contributed by atoms with Crippen molar-refractivity contribution in [2.45, 2.75) is 19.5 Å². The zero-order valence-electron chi connectivity index (χ0n) is 17.3. The number of anilines is 1. The number of aromatic nitrogens is 2. The van der Waals surface area contributed by atoms with Crippen LogP contribution in [-0.4, -0.2) is 40.1 Å². The van der Waals surface area contributed by atoms with Gasteiger partial charge in [-0.2, -0.15) is 5.26 Å². The Kier molecular flexibility index (Phi) is 5.41. The Morgan fingerprint density at radius 2 is 2.13 bits per heavy atom. The van der Waals surface area contributed by atoms with Gasteiger partial charge in [-0.05, 0) is 36.8 Å². The molecule has 1 aliphatic heterocycles. The van der Waals surface area contributed by atoms with Gasteiger partial charge in [-0.25, -0.2) is 4.39 Å². The number of pyridine rings is 2. The highest BCUT2D eigenvalue weighted by molar-refractivity contribution is 5.92. The Bertz CT molecular complexity index is 1300. The minimum absolute atomic E-state index is 0.0374. The van der Waals surface area contributed by atoms with Crippen LogP contribution in [0.2, 0.25) is 0 Å². The average molecular weight is 416 g/mol. The fourth-order valence-electron chi connectivity index (χ4n) is 4.16. The molecule has 0 amide bonds. The van der Waals surface area contributed by atoms with Gasteiger partial charge in [0.15, 0.2) is 0 Å². The van der Waals surface area contributed by atoms with Gasteiger partial charge in [0.2, 0.25) is 5.52 Å². The topological polar surface area (TPSA) is 69.5 Å². The van der Waals surface area contributed by atoms with Crippen molar-refractivity contribution in [2.24, 2.45) is 7.05 Å². The predicted octanol–water partition coefficient (Wildman–Crippen LogP) is 3.21. The number of piperazine rings is 1. The van der Waals surface area contributed by atoms with Gasteiger partial charge in [-0.15, -0.1) is 4.98 Å². The van der Waals surface area contributed by atoms with E-state index in [1.165, 1.54) is 16.7 Å². The molecule has 0 spiro atoms. The Morgan fingerprint density at radius 1 is 1.32 bits per heavy atom. The third kappa shape index (κ3) is 3.74. The highest BCUT2D eigenvalue weighted by Gasteiger charge is 2.30. The molecule has 2 aromatic heterocycles. The molecule has 156 valence electrons. The highest BCUT2D eigenvalue weighted by atomic mass is 19.1. The van der Waals surface area contributed by atoms with Gasteiger partial charge in [0.25, 0.3) is 11.4 Å². The lowest BCUT2D eigenvalue weighted by molar-refractivity contribution is 0.181. The average Bonchev–Trinajstić information content (AvgIpc) is 2.77. The maximum atomic E-state index is 13.5. The fourth-order valence-corrected chi connectivity index (χ4v) is 4.16. The molecule has 0 radical (unpaired) electrons. The van der Waals surface area contributed by atoms with Crippen LogP contribution in [0.15, 0.2) is 41.2 Å². The molecule has 0 saturated carbocycles. The predicted molar refractivity (Wildman–Crippen MR) is 116 cm³/mol. The second-order valence-electron chi connectivity index (χ2n) is 7.74. The highest BCUT2D eigenvalue weighted by Crippen LogP contribution is 2.30. The van der Waals surface area contributed by atoms with E-state index in [9.17, 15) is 14.4 Å². The molecule has 1 fully saturated rings. The van der Waals surface area contributed by atoms with Crippen LogP contribution in [0.5, 0.6) is 0 Å². The molecule has 0 unspecified atom stereocenters. The van der Waals surface area contributed by atoms with Crippen LogP contribution in [0, 0.1) is 23.7 Å². The summed E-state index contributed by atoms with van der Waals surface area (Å²) in [5.41, 5.74) is 2.12. The van der Waals surface area contributed by atoms with Gasteiger partial charge in [-0.3, -0.25) is 9.69 Å². The van der Waals surface area contributed by atoms with Crippen LogP contribution in [0.25, 0.3) is 15.9 Å². The van der Waals surface area contributed by atoms with Crippen molar-refractivity contribution in [3.63, 3.8) is 0 Å². The zero-order chi connectivity index (χ0) is 22.1. The third-order valence-electron chi connectivity index (χ3n) is 5.78. The van der Waals surface area contributed by atoms with E-state index in [1.54, 1.807) is 25.2 Å². The molecule has 0 N–H and O–H groups in total. The molecule has 31 heavy (non-hydrogen) atoms. The van der Waals surface area contributed by atoms with Crippen LogP contribution in [0.4, 0.5) is 15.9 Å². The van der Waals surface area contributed by atoms with E-state index in [1.807, 2.05) is 11.0 Å². The van der Waals surface area contributed by atoms with Crippen molar-refractivity contribution in [2.75, 3.05) is 24.5 Å². The molecule has 3 heterocycles. The summed E-state index contributed by atoms with van der Waals surface area (Å²) >= 11 is 0. The Hall–Kier alpha value is -3.75. The standard InChI is InChI=1S/C23H21FN6O/c1-15-13-30(10-9-29(15)14-16-5-4-6-17(24)11-16)22-18(12-25)23(31)28(3)19-7-8-20(26-2)27-21(19)22/h4-8,11,15H,9-10,13-14H2,1,3H3/t15-/m1/s1. The smallest absolute Gasteiger partial charge is 0.271 e. The monoisotopic (exact) mass is 416 g/mol. The van der Waals surface area contributed by atoms with Gasteiger partial charge in [0.1, 0.15) is 23.1 Å². The molecule has 3 aromatic rings. The van der Waals surface area contributed by atoms with E-state index >= 15 is 0 Å². The summed E-state index contributed by atoms with van der Waals surface area (Å²) in [4.78, 5) is 24.9. The van der Waals surface area contributed by atoms with Gasteiger partial charge >= 0.3 is 0 Å². The van der Waals surface area contributed by atoms with Gasteiger partial charge < -0.3 is 14.3 Å². The van der Waals surface area contributed by atoms with Crippen LogP contribution in [-0.2, 0) is 13.6 Å². The number of halogens is 1.